The lowest BCUT2D eigenvalue weighted by molar-refractivity contribution is -0.124. The number of carbonyl (C=O) groups is 1. The van der Waals surface area contributed by atoms with Crippen molar-refractivity contribution in [3.63, 3.8) is 0 Å². The maximum absolute atomic E-state index is 11.4. The molecule has 6 nitrogen and oxygen atoms in total. The zero-order valence-electron chi connectivity index (χ0n) is 19.4. The third-order valence-corrected chi connectivity index (χ3v) is 6.35. The first-order valence-electron chi connectivity index (χ1n) is 11.7. The predicted molar refractivity (Wildman–Crippen MR) is 131 cm³/mol. The third-order valence-electron chi connectivity index (χ3n) is 6.35. The lowest BCUT2D eigenvalue weighted by Crippen LogP contribution is -2.37. The molecule has 2 N–H and O–H groups in total. The Hall–Kier alpha value is -3.22. The number of hydroxylamine groups is 1. The van der Waals surface area contributed by atoms with Crippen LogP contribution in [0.3, 0.4) is 0 Å². The normalized spacial score (nSPS) is 16.9. The summed E-state index contributed by atoms with van der Waals surface area (Å²) in [6.45, 7) is 7.55. The van der Waals surface area contributed by atoms with Crippen molar-refractivity contribution in [3.05, 3.63) is 83.3 Å². The lowest BCUT2D eigenvalue weighted by atomic mass is 10.0. The van der Waals surface area contributed by atoms with Crippen molar-refractivity contribution in [3.8, 4) is 11.3 Å². The van der Waals surface area contributed by atoms with Gasteiger partial charge in [0.2, 0.25) is 0 Å². The average molecular weight is 445 g/mol. The molecule has 1 aliphatic heterocycles. The molecule has 33 heavy (non-hydrogen) atoms. The molecule has 0 spiro atoms. The number of benzene rings is 2. The summed E-state index contributed by atoms with van der Waals surface area (Å²) in [5.41, 5.74) is 7.03. The Kier molecular flexibility index (Phi) is 7.37. The topological polar surface area (TPSA) is 70.4 Å². The van der Waals surface area contributed by atoms with E-state index < -0.39 is 5.91 Å². The number of likely N-dealkylation sites (tertiary alicyclic amines) is 1. The highest BCUT2D eigenvalue weighted by Crippen LogP contribution is 2.34. The molecule has 2 aromatic carbocycles. The third kappa shape index (κ3) is 5.41. The van der Waals surface area contributed by atoms with E-state index in [4.69, 9.17) is 10.2 Å². The molecular weight excluding hydrogens is 412 g/mol. The molecule has 1 fully saturated rings. The van der Waals surface area contributed by atoms with Crippen LogP contribution in [0.15, 0.2) is 60.7 Å². The minimum absolute atomic E-state index is 0.368. The van der Waals surface area contributed by atoms with Gasteiger partial charge in [-0.3, -0.25) is 10.0 Å². The molecule has 0 aliphatic carbocycles. The van der Waals surface area contributed by atoms with E-state index in [0.29, 0.717) is 6.04 Å². The Morgan fingerprint density at radius 3 is 2.79 bits per heavy atom. The molecule has 172 valence electrons. The van der Waals surface area contributed by atoms with Crippen molar-refractivity contribution in [2.45, 2.75) is 39.2 Å². The number of nitrogens with one attached hydrogen (secondary N) is 1. The number of aromatic nitrogens is 2. The number of imidazole rings is 1. The van der Waals surface area contributed by atoms with Gasteiger partial charge in [-0.2, -0.15) is 0 Å². The van der Waals surface area contributed by atoms with Gasteiger partial charge in [-0.25, -0.2) is 10.5 Å². The molecule has 6 heteroatoms. The second kappa shape index (κ2) is 10.6. The highest BCUT2D eigenvalue weighted by atomic mass is 16.5. The van der Waals surface area contributed by atoms with Gasteiger partial charge in [0.05, 0.1) is 11.4 Å². The van der Waals surface area contributed by atoms with Gasteiger partial charge >= 0.3 is 0 Å². The van der Waals surface area contributed by atoms with Gasteiger partial charge < -0.3 is 9.47 Å². The monoisotopic (exact) mass is 444 g/mol. The summed E-state index contributed by atoms with van der Waals surface area (Å²) in [4.78, 5) is 19.0. The largest absolute Gasteiger partial charge is 0.323 e. The fourth-order valence-corrected chi connectivity index (χ4v) is 4.78. The van der Waals surface area contributed by atoms with E-state index in [0.717, 1.165) is 60.8 Å². The second-order valence-corrected chi connectivity index (χ2v) is 8.62. The van der Waals surface area contributed by atoms with E-state index >= 15 is 0 Å². The van der Waals surface area contributed by atoms with Crippen LogP contribution in [0.5, 0.6) is 0 Å². The number of piperidine rings is 1. The molecule has 2 heterocycles. The molecule has 0 bridgehead atoms. The van der Waals surface area contributed by atoms with Crippen LogP contribution in [0.2, 0.25) is 0 Å². The summed E-state index contributed by atoms with van der Waals surface area (Å²) in [6, 6.07) is 19.0. The molecule has 4 rings (SSSR count). The summed E-state index contributed by atoms with van der Waals surface area (Å²) in [5, 5.41) is 8.76. The summed E-state index contributed by atoms with van der Waals surface area (Å²) in [5.74, 6) is 0.547. The van der Waals surface area contributed by atoms with Crippen LogP contribution in [0.4, 0.5) is 0 Å². The van der Waals surface area contributed by atoms with Crippen LogP contribution < -0.4 is 5.48 Å². The number of hydrogen-bond donors (Lipinski definition) is 2. The van der Waals surface area contributed by atoms with Crippen LogP contribution in [0.25, 0.3) is 17.3 Å². The van der Waals surface area contributed by atoms with Crippen molar-refractivity contribution < 1.29 is 10.0 Å². The number of carbonyl (C=O) groups excluding carboxylic acids is 1. The molecule has 1 amide bonds. The molecule has 1 aliphatic rings. The first-order valence-corrected chi connectivity index (χ1v) is 11.7. The van der Waals surface area contributed by atoms with E-state index in [2.05, 4.69) is 59.7 Å². The molecule has 0 saturated carbocycles. The molecule has 1 saturated heterocycles. The van der Waals surface area contributed by atoms with E-state index in [1.165, 1.54) is 18.1 Å². The van der Waals surface area contributed by atoms with Crippen molar-refractivity contribution in [2.24, 2.45) is 0 Å². The van der Waals surface area contributed by atoms with Gasteiger partial charge in [-0.05, 0) is 56.1 Å². The van der Waals surface area contributed by atoms with Crippen LogP contribution in [-0.4, -0.2) is 45.2 Å². The molecule has 3 aromatic rings. The quantitative estimate of drug-likeness (QED) is 0.317. The standard InChI is InChI=1S/C27H32N4O2/c1-3-30-16-8-13-24(19-30)31-25(18-21-9-5-4-6-10-21)28-20(2)27(31)23-12-7-11-22(17-23)14-15-26(32)29-33/h4-7,9-12,14-15,17,24,33H,3,8,13,16,18-19H2,1-2H3,(H,29,32)/t24-/m1/s1. The van der Waals surface area contributed by atoms with E-state index in [-0.39, 0.29) is 0 Å². The maximum atomic E-state index is 11.4. The van der Waals surface area contributed by atoms with Gasteiger partial charge in [0.15, 0.2) is 0 Å². The summed E-state index contributed by atoms with van der Waals surface area (Å²) >= 11 is 0. The van der Waals surface area contributed by atoms with Crippen LogP contribution in [0, 0.1) is 6.92 Å². The fourth-order valence-electron chi connectivity index (χ4n) is 4.78. The fraction of sp³-hybridized carbons (Fsp3) is 0.333. The summed E-state index contributed by atoms with van der Waals surface area (Å²) in [7, 11) is 0. The smallest absolute Gasteiger partial charge is 0.267 e. The van der Waals surface area contributed by atoms with E-state index in [9.17, 15) is 4.79 Å². The second-order valence-electron chi connectivity index (χ2n) is 8.62. The molecule has 1 aromatic heterocycles. The lowest BCUT2D eigenvalue weighted by Gasteiger charge is -2.34. The molecule has 1 atom stereocenters. The van der Waals surface area contributed by atoms with E-state index in [1.54, 1.807) is 11.6 Å². The minimum atomic E-state index is -0.548. The summed E-state index contributed by atoms with van der Waals surface area (Å²) in [6.07, 6.45) is 6.14. The van der Waals surface area contributed by atoms with Crippen molar-refractivity contribution in [1.29, 1.82) is 0 Å². The predicted octanol–water partition coefficient (Wildman–Crippen LogP) is 4.62. The van der Waals surface area contributed by atoms with Gasteiger partial charge in [0.1, 0.15) is 5.82 Å². The SMILES string of the molecule is CCN1CCC[C@@H](n2c(Cc3ccccc3)nc(C)c2-c2cccc(C=CC(=O)NO)c2)C1. The van der Waals surface area contributed by atoms with Crippen molar-refractivity contribution >= 4 is 12.0 Å². The Labute approximate surface area is 195 Å². The maximum Gasteiger partial charge on any atom is 0.267 e. The minimum Gasteiger partial charge on any atom is -0.323 e. The molecule has 0 radical (unpaired) electrons. The van der Waals surface area contributed by atoms with Crippen LogP contribution >= 0.6 is 0 Å². The van der Waals surface area contributed by atoms with E-state index in [1.807, 2.05) is 18.2 Å². The molecule has 0 unspecified atom stereocenters. The Bertz CT molecular complexity index is 1120. The van der Waals surface area contributed by atoms with Gasteiger partial charge in [0, 0.05) is 30.6 Å². The number of nitrogens with zero attached hydrogens (tertiary/aromatic N) is 3. The highest BCUT2D eigenvalue weighted by molar-refractivity contribution is 5.91. The zero-order chi connectivity index (χ0) is 23.2. The average Bonchev–Trinajstić information content (AvgIpc) is 3.18. The molecular formula is C27H32N4O2. The van der Waals surface area contributed by atoms with Gasteiger partial charge in [0.25, 0.3) is 5.91 Å². The number of likely N-dealkylation sites (N-methyl/N-ethyl adjacent to an activating group) is 1. The van der Waals surface area contributed by atoms with Gasteiger partial charge in [-0.1, -0.05) is 55.5 Å². The number of aryl methyl sites for hydroxylation is 1. The van der Waals surface area contributed by atoms with Crippen LogP contribution in [0.1, 0.15) is 48.5 Å². The van der Waals surface area contributed by atoms with Crippen molar-refractivity contribution in [1.82, 2.24) is 19.9 Å². The number of rotatable bonds is 7. The Morgan fingerprint density at radius 1 is 1.21 bits per heavy atom. The Balaban J connectivity index is 1.77. The zero-order valence-corrected chi connectivity index (χ0v) is 19.4. The van der Waals surface area contributed by atoms with Crippen LogP contribution in [-0.2, 0) is 11.2 Å². The number of amides is 1. The first kappa shape index (κ1) is 23.0. The number of hydrogen-bond acceptors (Lipinski definition) is 4. The highest BCUT2D eigenvalue weighted by Gasteiger charge is 2.27. The summed E-state index contributed by atoms with van der Waals surface area (Å²) < 4.78 is 2.47. The first-order chi connectivity index (χ1) is 16.1. The Morgan fingerprint density at radius 2 is 2.03 bits per heavy atom. The van der Waals surface area contributed by atoms with Crippen molar-refractivity contribution in [2.75, 3.05) is 19.6 Å². The van der Waals surface area contributed by atoms with Gasteiger partial charge in [-0.15, -0.1) is 0 Å².